The fraction of sp³-hybridized carbons (Fsp3) is 0. The van der Waals surface area contributed by atoms with Gasteiger partial charge in [-0.05, 0) is 58.7 Å². The molecule has 0 aliphatic rings. The molecular formula is C54H34N4. The molecule has 4 aromatic heterocycles. The minimum Gasteiger partial charge on any atom is -0.354 e. The number of benzene rings is 9. The van der Waals surface area contributed by atoms with E-state index in [1.807, 2.05) is 0 Å². The van der Waals surface area contributed by atoms with Gasteiger partial charge in [-0.3, -0.25) is 0 Å². The van der Waals surface area contributed by atoms with E-state index in [9.17, 15) is 0 Å². The second-order valence-corrected chi connectivity index (χ2v) is 15.5. The Labute approximate surface area is 332 Å². The lowest BCUT2D eigenvalue weighted by Gasteiger charge is -2.20. The first kappa shape index (κ1) is 31.4. The molecule has 0 radical (unpaired) electrons. The van der Waals surface area contributed by atoms with Crippen LogP contribution in [0.2, 0.25) is 0 Å². The Hall–Kier alpha value is -7.82. The number of rotatable bonds is 4. The second kappa shape index (κ2) is 11.8. The second-order valence-electron chi connectivity index (χ2n) is 15.5. The smallest absolute Gasteiger partial charge is 0.0544 e. The summed E-state index contributed by atoms with van der Waals surface area (Å²) in [5.41, 5.74) is 18.4. The van der Waals surface area contributed by atoms with Crippen molar-refractivity contribution in [2.24, 2.45) is 0 Å². The molecule has 13 aromatic rings. The van der Waals surface area contributed by atoms with Crippen molar-refractivity contribution in [2.45, 2.75) is 0 Å². The first-order chi connectivity index (χ1) is 28.8. The third kappa shape index (κ3) is 4.40. The zero-order valence-corrected chi connectivity index (χ0v) is 31.3. The number of aromatic nitrogens is 4. The minimum absolute atomic E-state index is 1.13. The van der Waals surface area contributed by atoms with E-state index >= 15 is 0 Å². The molecule has 0 saturated carbocycles. The maximum Gasteiger partial charge on any atom is 0.0544 e. The predicted octanol–water partition coefficient (Wildman–Crippen LogP) is 14.9. The molecule has 4 heteroatoms. The number of para-hydroxylation sites is 8. The van der Waals surface area contributed by atoms with Crippen LogP contribution in [0, 0.1) is 0 Å². The molecule has 0 unspecified atom stereocenters. The lowest BCUT2D eigenvalue weighted by Crippen LogP contribution is -1.95. The summed E-state index contributed by atoms with van der Waals surface area (Å²) >= 11 is 0. The average Bonchev–Trinajstić information content (AvgIpc) is 4.06. The van der Waals surface area contributed by atoms with Crippen LogP contribution >= 0.6 is 0 Å². The van der Waals surface area contributed by atoms with Crippen LogP contribution in [-0.4, -0.2) is 19.9 Å². The van der Waals surface area contributed by atoms with Crippen molar-refractivity contribution in [3.8, 4) is 44.5 Å². The first-order valence-corrected chi connectivity index (χ1v) is 19.9. The van der Waals surface area contributed by atoms with Crippen molar-refractivity contribution in [2.75, 3.05) is 0 Å². The van der Waals surface area contributed by atoms with Crippen LogP contribution in [0.5, 0.6) is 0 Å². The van der Waals surface area contributed by atoms with Gasteiger partial charge in [0.15, 0.2) is 0 Å². The van der Waals surface area contributed by atoms with E-state index in [4.69, 9.17) is 0 Å². The van der Waals surface area contributed by atoms with Gasteiger partial charge in [0.2, 0.25) is 0 Å². The van der Waals surface area contributed by atoms with Gasteiger partial charge < -0.3 is 19.9 Å². The Morgan fingerprint density at radius 3 is 0.672 bits per heavy atom. The summed E-state index contributed by atoms with van der Waals surface area (Å²) in [6.45, 7) is 0. The van der Waals surface area contributed by atoms with Crippen molar-refractivity contribution in [3.63, 3.8) is 0 Å². The Balaban J connectivity index is 1.22. The first-order valence-electron chi connectivity index (χ1n) is 19.9. The highest BCUT2D eigenvalue weighted by molar-refractivity contribution is 6.20. The van der Waals surface area contributed by atoms with Crippen LogP contribution in [0.25, 0.3) is 132 Å². The van der Waals surface area contributed by atoms with Crippen molar-refractivity contribution in [1.82, 2.24) is 19.9 Å². The van der Waals surface area contributed by atoms with E-state index in [0.717, 1.165) is 66.4 Å². The van der Waals surface area contributed by atoms with E-state index in [1.165, 1.54) is 65.3 Å². The van der Waals surface area contributed by atoms with Crippen molar-refractivity contribution in [3.05, 3.63) is 182 Å². The molecule has 0 atom stereocenters. The van der Waals surface area contributed by atoms with Gasteiger partial charge in [0, 0.05) is 87.4 Å². The van der Waals surface area contributed by atoms with Crippen LogP contribution in [0.3, 0.4) is 0 Å². The molecule has 13 rings (SSSR count). The standard InChI is InChI=1S/C54H34N4/c1-5-25-47-31(13-1)35-17-9-21-39(51(35)55-47)43-29-45(41-23-11-19-37-33-15-3-7-27-49(33)57-53(37)41)46(42-24-12-20-38-34-16-4-8-28-50(34)58-54(38)42)30-44(43)40-22-10-18-36-32-14-2-6-26-48(32)56-52(36)40/h1-30,55-58H. The van der Waals surface area contributed by atoms with Gasteiger partial charge in [0.1, 0.15) is 0 Å². The number of hydrogen-bond donors (Lipinski definition) is 4. The van der Waals surface area contributed by atoms with E-state index < -0.39 is 0 Å². The highest BCUT2D eigenvalue weighted by Gasteiger charge is 2.23. The fourth-order valence-electron chi connectivity index (χ4n) is 9.88. The van der Waals surface area contributed by atoms with Gasteiger partial charge in [-0.25, -0.2) is 0 Å². The zero-order valence-electron chi connectivity index (χ0n) is 31.3. The van der Waals surface area contributed by atoms with Crippen LogP contribution < -0.4 is 0 Å². The summed E-state index contributed by atoms with van der Waals surface area (Å²) in [6.07, 6.45) is 0. The molecule has 0 amide bonds. The van der Waals surface area contributed by atoms with Crippen LogP contribution in [0.4, 0.5) is 0 Å². The molecule has 0 aliphatic heterocycles. The topological polar surface area (TPSA) is 63.2 Å². The van der Waals surface area contributed by atoms with Crippen LogP contribution in [-0.2, 0) is 0 Å². The Morgan fingerprint density at radius 2 is 0.414 bits per heavy atom. The van der Waals surface area contributed by atoms with E-state index in [0.29, 0.717) is 0 Å². The number of nitrogens with one attached hydrogen (secondary N) is 4. The van der Waals surface area contributed by atoms with Crippen molar-refractivity contribution < 1.29 is 0 Å². The summed E-state index contributed by atoms with van der Waals surface area (Å²) in [5.74, 6) is 0. The molecule has 270 valence electrons. The fourth-order valence-corrected chi connectivity index (χ4v) is 9.88. The minimum atomic E-state index is 1.13. The summed E-state index contributed by atoms with van der Waals surface area (Å²) in [4.78, 5) is 15.4. The van der Waals surface area contributed by atoms with E-state index in [-0.39, 0.29) is 0 Å². The summed E-state index contributed by atoms with van der Waals surface area (Å²) in [5, 5.41) is 9.77. The quantitative estimate of drug-likeness (QED) is 0.139. The van der Waals surface area contributed by atoms with Gasteiger partial charge in [-0.1, -0.05) is 146 Å². The number of H-pyrrole nitrogens is 4. The monoisotopic (exact) mass is 738 g/mol. The number of aromatic amines is 4. The molecular weight excluding hydrogens is 705 g/mol. The van der Waals surface area contributed by atoms with Gasteiger partial charge >= 0.3 is 0 Å². The van der Waals surface area contributed by atoms with E-state index in [1.54, 1.807) is 0 Å². The predicted molar refractivity (Wildman–Crippen MR) is 246 cm³/mol. The third-order valence-electron chi connectivity index (χ3n) is 12.5. The zero-order chi connectivity index (χ0) is 37.9. The average molecular weight is 739 g/mol. The number of hydrogen-bond acceptors (Lipinski definition) is 0. The normalized spacial score (nSPS) is 12.1. The van der Waals surface area contributed by atoms with Gasteiger partial charge in [0.05, 0.1) is 22.1 Å². The molecule has 0 fully saturated rings. The Bertz CT molecular complexity index is 3310. The lowest BCUT2D eigenvalue weighted by molar-refractivity contribution is 1.50. The van der Waals surface area contributed by atoms with Gasteiger partial charge in [-0.2, -0.15) is 0 Å². The summed E-state index contributed by atoms with van der Waals surface area (Å²) < 4.78 is 0. The van der Waals surface area contributed by atoms with Crippen molar-refractivity contribution in [1.29, 1.82) is 0 Å². The molecule has 4 nitrogen and oxygen atoms in total. The SMILES string of the molecule is c1ccc2c(c1)[nH]c1c(-c3cc(-c4cccc5c4[nH]c4ccccc45)c(-c4cccc5c4[nH]c4ccccc45)cc3-c3cccc4c3[nH]c3ccccc34)cccc12. The maximum atomic E-state index is 3.86. The third-order valence-corrected chi connectivity index (χ3v) is 12.5. The molecule has 9 aromatic carbocycles. The highest BCUT2D eigenvalue weighted by Crippen LogP contribution is 2.49. The Kier molecular flexibility index (Phi) is 6.41. The number of fused-ring (bicyclic) bond motifs is 12. The van der Waals surface area contributed by atoms with Crippen LogP contribution in [0.1, 0.15) is 0 Å². The highest BCUT2D eigenvalue weighted by atomic mass is 14.7. The summed E-state index contributed by atoms with van der Waals surface area (Å²) in [6, 6.07) is 66.4. The van der Waals surface area contributed by atoms with Gasteiger partial charge in [-0.15, -0.1) is 0 Å². The molecule has 58 heavy (non-hydrogen) atoms. The lowest BCUT2D eigenvalue weighted by atomic mass is 9.84. The Morgan fingerprint density at radius 1 is 0.190 bits per heavy atom. The molecule has 4 N–H and O–H groups in total. The molecule has 0 aliphatic carbocycles. The molecule has 0 bridgehead atoms. The largest absolute Gasteiger partial charge is 0.354 e. The molecule has 0 saturated heterocycles. The molecule has 4 heterocycles. The maximum absolute atomic E-state index is 3.86. The van der Waals surface area contributed by atoms with Crippen molar-refractivity contribution >= 4 is 87.2 Å². The van der Waals surface area contributed by atoms with E-state index in [2.05, 4.69) is 202 Å². The molecule has 0 spiro atoms. The summed E-state index contributed by atoms with van der Waals surface area (Å²) in [7, 11) is 0. The van der Waals surface area contributed by atoms with Gasteiger partial charge in [0.25, 0.3) is 0 Å². The van der Waals surface area contributed by atoms with Crippen LogP contribution in [0.15, 0.2) is 182 Å².